The van der Waals surface area contributed by atoms with Crippen LogP contribution in [0.5, 0.6) is 0 Å². The lowest BCUT2D eigenvalue weighted by Crippen LogP contribution is -2.49. The summed E-state index contributed by atoms with van der Waals surface area (Å²) in [5.74, 6) is 2.52. The van der Waals surface area contributed by atoms with Crippen molar-refractivity contribution < 1.29 is 4.79 Å². The molecule has 140 valence electrons. The fourth-order valence-corrected chi connectivity index (χ4v) is 5.55. The maximum Gasteiger partial charge on any atom is 0.233 e. The summed E-state index contributed by atoms with van der Waals surface area (Å²) in [4.78, 5) is 24.9. The van der Waals surface area contributed by atoms with E-state index in [-0.39, 0.29) is 5.91 Å². The first-order valence-electron chi connectivity index (χ1n) is 8.64. The van der Waals surface area contributed by atoms with E-state index >= 15 is 0 Å². The van der Waals surface area contributed by atoms with E-state index in [1.54, 1.807) is 41.7 Å². The van der Waals surface area contributed by atoms with Crippen LogP contribution < -0.4 is 4.90 Å². The lowest BCUT2D eigenvalue weighted by Gasteiger charge is -2.35. The van der Waals surface area contributed by atoms with Crippen molar-refractivity contribution in [2.45, 2.75) is 28.4 Å². The minimum absolute atomic E-state index is 0.157. The minimum Gasteiger partial charge on any atom is -0.352 e. The molecule has 0 unspecified atom stereocenters. The predicted molar refractivity (Wildman–Crippen MR) is 107 cm³/mol. The van der Waals surface area contributed by atoms with E-state index in [1.807, 2.05) is 4.90 Å². The molecule has 3 heterocycles. The van der Waals surface area contributed by atoms with E-state index in [0.717, 1.165) is 33.3 Å². The second kappa shape index (κ2) is 10.1. The summed E-state index contributed by atoms with van der Waals surface area (Å²) in [5.41, 5.74) is 0. The van der Waals surface area contributed by atoms with Crippen LogP contribution >= 0.6 is 34.9 Å². The van der Waals surface area contributed by atoms with Gasteiger partial charge in [0.25, 0.3) is 0 Å². The first-order valence-corrected chi connectivity index (χ1v) is 11.4. The normalized spacial score (nSPS) is 14.7. The number of aromatic nitrogens is 4. The fourth-order valence-electron chi connectivity index (χ4n) is 2.47. The van der Waals surface area contributed by atoms with E-state index in [4.69, 9.17) is 0 Å². The van der Waals surface area contributed by atoms with Gasteiger partial charge in [-0.05, 0) is 6.42 Å². The van der Waals surface area contributed by atoms with E-state index in [0.29, 0.717) is 18.8 Å². The SMILES string of the molecule is CCCCSc1nnc(SCC(=O)N2CCN(c3cnccn3)CC2)s1. The molecule has 0 saturated carbocycles. The quantitative estimate of drug-likeness (QED) is 0.486. The molecule has 0 bridgehead atoms. The van der Waals surface area contributed by atoms with Gasteiger partial charge >= 0.3 is 0 Å². The lowest BCUT2D eigenvalue weighted by molar-refractivity contribution is -0.128. The third-order valence-electron chi connectivity index (χ3n) is 3.94. The highest BCUT2D eigenvalue weighted by Crippen LogP contribution is 2.29. The number of anilines is 1. The molecule has 1 aliphatic rings. The maximum atomic E-state index is 12.4. The molecule has 26 heavy (non-hydrogen) atoms. The van der Waals surface area contributed by atoms with Crippen molar-refractivity contribution in [2.75, 3.05) is 42.6 Å². The van der Waals surface area contributed by atoms with Crippen LogP contribution in [0.15, 0.2) is 27.3 Å². The van der Waals surface area contributed by atoms with Crippen LogP contribution in [-0.4, -0.2) is 68.7 Å². The van der Waals surface area contributed by atoms with E-state index in [2.05, 4.69) is 32.0 Å². The van der Waals surface area contributed by atoms with Crippen LogP contribution in [0.3, 0.4) is 0 Å². The average Bonchev–Trinajstić information content (AvgIpc) is 3.15. The number of amides is 1. The van der Waals surface area contributed by atoms with Gasteiger partial charge in [0.05, 0.1) is 11.9 Å². The molecule has 0 atom stereocenters. The molecule has 2 aromatic rings. The number of carbonyl (C=O) groups excluding carboxylic acids is 1. The molecule has 1 saturated heterocycles. The standard InChI is InChI=1S/C16H22N6OS3/c1-2-3-10-24-15-19-20-16(26-15)25-12-14(23)22-8-6-21(7-9-22)13-11-17-4-5-18-13/h4-5,11H,2-3,6-10,12H2,1H3. The van der Waals surface area contributed by atoms with Gasteiger partial charge in [0.15, 0.2) is 8.68 Å². The summed E-state index contributed by atoms with van der Waals surface area (Å²) in [7, 11) is 0. The summed E-state index contributed by atoms with van der Waals surface area (Å²) < 4.78 is 1.86. The van der Waals surface area contributed by atoms with Crippen LogP contribution in [0.25, 0.3) is 0 Å². The van der Waals surface area contributed by atoms with Crippen molar-refractivity contribution in [2.24, 2.45) is 0 Å². The second-order valence-corrected chi connectivity index (χ2v) is 9.30. The highest BCUT2D eigenvalue weighted by molar-refractivity contribution is 8.03. The number of nitrogens with zero attached hydrogens (tertiary/aromatic N) is 6. The molecule has 10 heteroatoms. The van der Waals surface area contributed by atoms with Crippen LogP contribution in [0.2, 0.25) is 0 Å². The Morgan fingerprint density at radius 2 is 1.92 bits per heavy atom. The molecule has 0 aromatic carbocycles. The number of thioether (sulfide) groups is 2. The van der Waals surface area contributed by atoms with Gasteiger partial charge in [-0.15, -0.1) is 10.2 Å². The lowest BCUT2D eigenvalue weighted by atomic mass is 10.3. The van der Waals surface area contributed by atoms with Gasteiger partial charge in [0, 0.05) is 44.3 Å². The largest absolute Gasteiger partial charge is 0.352 e. The van der Waals surface area contributed by atoms with Gasteiger partial charge < -0.3 is 9.80 Å². The van der Waals surface area contributed by atoms with Crippen LogP contribution in [0, 0.1) is 0 Å². The second-order valence-electron chi connectivity index (χ2n) is 5.76. The van der Waals surface area contributed by atoms with E-state index in [1.165, 1.54) is 24.6 Å². The van der Waals surface area contributed by atoms with Gasteiger partial charge in [0.2, 0.25) is 5.91 Å². The summed E-state index contributed by atoms with van der Waals surface area (Å²) >= 11 is 4.81. The van der Waals surface area contributed by atoms with E-state index < -0.39 is 0 Å². The molecule has 0 aliphatic carbocycles. The molecule has 1 aliphatic heterocycles. The van der Waals surface area contributed by atoms with Gasteiger partial charge in [-0.3, -0.25) is 9.78 Å². The molecular weight excluding hydrogens is 388 g/mol. The van der Waals surface area contributed by atoms with Gasteiger partial charge in [0.1, 0.15) is 5.82 Å². The Morgan fingerprint density at radius 1 is 1.15 bits per heavy atom. The monoisotopic (exact) mass is 410 g/mol. The number of unbranched alkanes of at least 4 members (excludes halogenated alkanes) is 1. The molecule has 0 radical (unpaired) electrons. The van der Waals surface area contributed by atoms with Crippen molar-refractivity contribution >= 4 is 46.6 Å². The molecule has 0 spiro atoms. The maximum absolute atomic E-state index is 12.4. The van der Waals surface area contributed by atoms with Crippen molar-refractivity contribution in [3.63, 3.8) is 0 Å². The summed E-state index contributed by atoms with van der Waals surface area (Å²) in [6, 6.07) is 0. The van der Waals surface area contributed by atoms with Crippen molar-refractivity contribution in [1.82, 2.24) is 25.1 Å². The molecule has 0 N–H and O–H groups in total. The highest BCUT2D eigenvalue weighted by Gasteiger charge is 2.22. The molecule has 1 amide bonds. The summed E-state index contributed by atoms with van der Waals surface area (Å²) in [5, 5.41) is 8.37. The minimum atomic E-state index is 0.157. The zero-order valence-corrected chi connectivity index (χ0v) is 17.2. The molecule has 2 aromatic heterocycles. The smallest absolute Gasteiger partial charge is 0.233 e. The Hall–Kier alpha value is -1.39. The van der Waals surface area contributed by atoms with Crippen molar-refractivity contribution in [3.05, 3.63) is 18.6 Å². The number of carbonyl (C=O) groups is 1. The number of hydrogen-bond acceptors (Lipinski definition) is 9. The summed E-state index contributed by atoms with van der Waals surface area (Å²) in [6.07, 6.45) is 7.50. The Balaban J connectivity index is 1.40. The van der Waals surface area contributed by atoms with E-state index in [9.17, 15) is 4.79 Å². The fraction of sp³-hybridized carbons (Fsp3) is 0.562. The molecule has 7 nitrogen and oxygen atoms in total. The third-order valence-corrected chi connectivity index (χ3v) is 7.20. The Morgan fingerprint density at radius 3 is 2.62 bits per heavy atom. The average molecular weight is 411 g/mol. The predicted octanol–water partition coefficient (Wildman–Crippen LogP) is 2.66. The zero-order valence-electron chi connectivity index (χ0n) is 14.7. The first-order chi connectivity index (χ1) is 12.8. The number of rotatable bonds is 8. The molecule has 1 fully saturated rings. The van der Waals surface area contributed by atoms with Crippen molar-refractivity contribution in [1.29, 1.82) is 0 Å². The third kappa shape index (κ3) is 5.55. The van der Waals surface area contributed by atoms with Crippen LogP contribution in [0.4, 0.5) is 5.82 Å². The number of hydrogen-bond donors (Lipinski definition) is 0. The highest BCUT2D eigenvalue weighted by atomic mass is 32.2. The van der Waals surface area contributed by atoms with Crippen molar-refractivity contribution in [3.8, 4) is 0 Å². The van der Waals surface area contributed by atoms with Gasteiger partial charge in [-0.1, -0.05) is 48.2 Å². The van der Waals surface area contributed by atoms with Gasteiger partial charge in [-0.25, -0.2) is 4.98 Å². The zero-order chi connectivity index (χ0) is 18.2. The first kappa shape index (κ1) is 19.4. The Kier molecular flexibility index (Phi) is 7.51. The Bertz CT molecular complexity index is 690. The van der Waals surface area contributed by atoms with Gasteiger partial charge in [-0.2, -0.15) is 0 Å². The molecule has 3 rings (SSSR count). The molecular formula is C16H22N6OS3. The number of piperazine rings is 1. The Labute approximate surface area is 166 Å². The topological polar surface area (TPSA) is 75.1 Å². The van der Waals surface area contributed by atoms with Crippen LogP contribution in [0.1, 0.15) is 19.8 Å². The van der Waals surface area contributed by atoms with Crippen LogP contribution in [-0.2, 0) is 4.79 Å². The summed E-state index contributed by atoms with van der Waals surface area (Å²) in [6.45, 7) is 5.17.